The zero-order valence-electron chi connectivity index (χ0n) is 20.0. The fourth-order valence-electron chi connectivity index (χ4n) is 3.85. The molecular weight excluding hydrogens is 393 g/mol. The van der Waals surface area contributed by atoms with E-state index in [2.05, 4.69) is 6.07 Å². The number of rotatable bonds is 2. The van der Waals surface area contributed by atoms with Crippen molar-refractivity contribution >= 4 is 24.4 Å². The maximum Gasteiger partial charge on any atom is 0.494 e. The molecule has 2 heterocycles. The van der Waals surface area contributed by atoms with Gasteiger partial charge in [-0.25, -0.2) is 4.79 Å². The Hall–Kier alpha value is -1.99. The second-order valence-electron chi connectivity index (χ2n) is 11.1. The van der Waals surface area contributed by atoms with Crippen LogP contribution in [0.2, 0.25) is 0 Å². The van der Waals surface area contributed by atoms with Gasteiger partial charge in [0.25, 0.3) is 0 Å². The number of hydrogen-bond donors (Lipinski definition) is 0. The van der Waals surface area contributed by atoms with Gasteiger partial charge in [0.05, 0.1) is 23.4 Å². The first kappa shape index (κ1) is 22.2. The van der Waals surface area contributed by atoms with Crippen molar-refractivity contribution in [3.63, 3.8) is 0 Å². The van der Waals surface area contributed by atoms with Crippen molar-refractivity contribution in [2.75, 3.05) is 6.54 Å². The van der Waals surface area contributed by atoms with E-state index in [1.54, 1.807) is 11.2 Å². The Kier molecular flexibility index (Phi) is 5.02. The van der Waals surface area contributed by atoms with E-state index in [4.69, 9.17) is 18.8 Å². The predicted octanol–water partition coefficient (Wildman–Crippen LogP) is 4.39. The van der Waals surface area contributed by atoms with Gasteiger partial charge in [-0.1, -0.05) is 17.7 Å². The van der Waals surface area contributed by atoms with Crippen molar-refractivity contribution in [1.29, 1.82) is 0 Å². The molecule has 0 atom stereocenters. The van der Waals surface area contributed by atoms with Gasteiger partial charge in [-0.2, -0.15) is 0 Å². The van der Waals surface area contributed by atoms with Crippen molar-refractivity contribution in [3.8, 4) is 0 Å². The molecule has 0 bridgehead atoms. The average Bonchev–Trinajstić information content (AvgIpc) is 3.32. The van der Waals surface area contributed by atoms with E-state index in [1.165, 1.54) is 0 Å². The number of benzene rings is 1. The van der Waals surface area contributed by atoms with Crippen molar-refractivity contribution in [2.45, 2.75) is 90.6 Å². The van der Waals surface area contributed by atoms with E-state index >= 15 is 0 Å². The Morgan fingerprint density at radius 1 is 1.06 bits per heavy atom. The third-order valence-corrected chi connectivity index (χ3v) is 6.50. The van der Waals surface area contributed by atoms with Crippen LogP contribution in [0.25, 0.3) is 5.70 Å². The van der Waals surface area contributed by atoms with Crippen LogP contribution in [0.3, 0.4) is 0 Å². The molecule has 6 nitrogen and oxygen atoms in total. The fourth-order valence-corrected chi connectivity index (χ4v) is 3.85. The smallest absolute Gasteiger partial charge is 0.491 e. The molecule has 0 N–H and O–H groups in total. The molecule has 1 amide bonds. The first-order valence-electron chi connectivity index (χ1n) is 11.1. The summed E-state index contributed by atoms with van der Waals surface area (Å²) in [5.74, 6) is 0. The highest BCUT2D eigenvalue weighted by Gasteiger charge is 2.53. The molecule has 168 valence electrons. The fraction of sp³-hybridized carbons (Fsp3) is 0.625. The zero-order chi connectivity index (χ0) is 22.8. The highest BCUT2D eigenvalue weighted by molar-refractivity contribution is 6.62. The summed E-state index contributed by atoms with van der Waals surface area (Å²) in [4.78, 5) is 14.8. The van der Waals surface area contributed by atoms with Crippen LogP contribution in [-0.4, -0.2) is 47.1 Å². The van der Waals surface area contributed by atoms with Crippen LogP contribution < -0.4 is 5.46 Å². The van der Waals surface area contributed by atoms with Crippen molar-refractivity contribution < 1.29 is 23.6 Å². The highest BCUT2D eigenvalue weighted by atomic mass is 16.7. The Morgan fingerprint density at radius 2 is 1.68 bits per heavy atom. The number of aryl methyl sites for hydroxylation is 1. The third-order valence-electron chi connectivity index (χ3n) is 6.50. The molecule has 1 saturated heterocycles. The summed E-state index contributed by atoms with van der Waals surface area (Å²) >= 11 is 0. The van der Waals surface area contributed by atoms with Crippen LogP contribution in [0, 0.1) is 6.92 Å². The van der Waals surface area contributed by atoms with Crippen LogP contribution in [0.4, 0.5) is 4.79 Å². The van der Waals surface area contributed by atoms with Gasteiger partial charge < -0.3 is 18.8 Å². The first-order valence-corrected chi connectivity index (χ1v) is 11.1. The van der Waals surface area contributed by atoms with Crippen LogP contribution >= 0.6 is 0 Å². The Bertz CT molecular complexity index is 910. The second kappa shape index (κ2) is 7.01. The van der Waals surface area contributed by atoms with Gasteiger partial charge in [-0.05, 0) is 79.8 Å². The molecule has 7 heteroatoms. The van der Waals surface area contributed by atoms with Crippen LogP contribution in [0.1, 0.15) is 72.4 Å². The number of hydrogen-bond acceptors (Lipinski definition) is 5. The van der Waals surface area contributed by atoms with Gasteiger partial charge in [-0.3, -0.25) is 4.90 Å². The molecule has 4 rings (SSSR count). The average molecular weight is 427 g/mol. The normalized spacial score (nSPS) is 23.4. The zero-order valence-corrected chi connectivity index (χ0v) is 20.0. The van der Waals surface area contributed by atoms with Crippen molar-refractivity contribution in [2.24, 2.45) is 0 Å². The molecule has 2 fully saturated rings. The Balaban J connectivity index is 1.68. The van der Waals surface area contributed by atoms with E-state index in [9.17, 15) is 4.79 Å². The topological polar surface area (TPSA) is 57.2 Å². The van der Waals surface area contributed by atoms with E-state index in [1.807, 2.05) is 67.5 Å². The molecule has 0 aromatic heterocycles. The predicted molar refractivity (Wildman–Crippen MR) is 121 cm³/mol. The Labute approximate surface area is 186 Å². The highest BCUT2D eigenvalue weighted by Crippen LogP contribution is 2.45. The lowest BCUT2D eigenvalue weighted by Gasteiger charge is -2.35. The largest absolute Gasteiger partial charge is 0.494 e. The van der Waals surface area contributed by atoms with Gasteiger partial charge >= 0.3 is 13.2 Å². The number of nitrogens with zero attached hydrogens (tertiary/aromatic N) is 1. The SMILES string of the molecule is Cc1cc(B2OC(C)(C)C(C)(C)O2)cc(C2=COC3(CC3)CN2C(=O)OC(C)(C)C)c1. The quantitative estimate of drug-likeness (QED) is 0.656. The van der Waals surface area contributed by atoms with Gasteiger partial charge in [0.15, 0.2) is 0 Å². The molecular formula is C24H34BNO5. The minimum atomic E-state index is -0.572. The van der Waals surface area contributed by atoms with Crippen molar-refractivity contribution in [1.82, 2.24) is 4.90 Å². The minimum Gasteiger partial charge on any atom is -0.491 e. The molecule has 0 unspecified atom stereocenters. The Morgan fingerprint density at radius 3 is 2.23 bits per heavy atom. The van der Waals surface area contributed by atoms with Crippen LogP contribution in [0.15, 0.2) is 24.5 Å². The maximum atomic E-state index is 13.1. The number of carbonyl (C=O) groups excluding carboxylic acids is 1. The maximum absolute atomic E-state index is 13.1. The number of amides is 1. The van der Waals surface area contributed by atoms with E-state index in [0.717, 1.165) is 29.4 Å². The second-order valence-corrected chi connectivity index (χ2v) is 11.1. The summed E-state index contributed by atoms with van der Waals surface area (Å²) in [6, 6.07) is 6.13. The van der Waals surface area contributed by atoms with Crippen LogP contribution in [-0.2, 0) is 18.8 Å². The lowest BCUT2D eigenvalue weighted by Crippen LogP contribution is -2.44. The van der Waals surface area contributed by atoms with Gasteiger partial charge in [0.1, 0.15) is 17.5 Å². The lowest BCUT2D eigenvalue weighted by atomic mass is 9.77. The van der Waals surface area contributed by atoms with E-state index < -0.39 is 23.9 Å². The summed E-state index contributed by atoms with van der Waals surface area (Å²) in [6.45, 7) is 16.3. The summed E-state index contributed by atoms with van der Waals surface area (Å²) in [7, 11) is -0.474. The first-order chi connectivity index (χ1) is 14.2. The molecule has 1 saturated carbocycles. The molecule has 3 aliphatic rings. The van der Waals surface area contributed by atoms with Gasteiger partial charge in [-0.15, -0.1) is 0 Å². The molecule has 31 heavy (non-hydrogen) atoms. The summed E-state index contributed by atoms with van der Waals surface area (Å²) in [5.41, 5.74) is 1.88. The standard InChI is InChI=1S/C24H34BNO5/c1-16-11-17(13-18(12-16)25-30-22(5,6)23(7,8)31-25)19-14-28-24(9-10-24)15-26(19)20(27)29-21(2,3)4/h11-14H,9-10,15H2,1-8H3. The molecule has 1 aliphatic carbocycles. The summed E-state index contributed by atoms with van der Waals surface area (Å²) in [5, 5.41) is 0. The molecule has 0 radical (unpaired) electrons. The molecule has 2 aliphatic heterocycles. The van der Waals surface area contributed by atoms with Gasteiger partial charge in [0.2, 0.25) is 0 Å². The van der Waals surface area contributed by atoms with E-state index in [0.29, 0.717) is 12.2 Å². The van der Waals surface area contributed by atoms with E-state index in [-0.39, 0.29) is 11.7 Å². The summed E-state index contributed by atoms with van der Waals surface area (Å²) < 4.78 is 24.3. The summed E-state index contributed by atoms with van der Waals surface area (Å²) in [6.07, 6.45) is 3.25. The lowest BCUT2D eigenvalue weighted by molar-refractivity contribution is 0.00578. The number of ether oxygens (including phenoxy) is 2. The van der Waals surface area contributed by atoms with Crippen molar-refractivity contribution in [3.05, 3.63) is 35.6 Å². The monoisotopic (exact) mass is 427 g/mol. The number of carbonyl (C=O) groups is 1. The van der Waals surface area contributed by atoms with Gasteiger partial charge in [0, 0.05) is 5.56 Å². The molecule has 1 aromatic carbocycles. The molecule has 1 aromatic rings. The molecule has 1 spiro atoms. The third kappa shape index (κ3) is 4.35. The minimum absolute atomic E-state index is 0.265. The van der Waals surface area contributed by atoms with Crippen LogP contribution in [0.5, 0.6) is 0 Å².